The standard InChI is InChI=1S/C11H13IN2O3/c1-2-8(11(16)17)14-9-4-3-6(12)5-7(9)10(13)15/h3-5,8,14H,2H2,1H3,(H2,13,15)(H,16,17). The number of carboxylic acid groups (broad SMARTS) is 1. The summed E-state index contributed by atoms with van der Waals surface area (Å²) in [5.74, 6) is -1.53. The number of hydrogen-bond donors (Lipinski definition) is 3. The maximum atomic E-state index is 11.2. The summed E-state index contributed by atoms with van der Waals surface area (Å²) in [7, 11) is 0. The molecule has 0 bridgehead atoms. The summed E-state index contributed by atoms with van der Waals surface area (Å²) in [5.41, 5.74) is 6.00. The van der Waals surface area contributed by atoms with Crippen molar-refractivity contribution in [1.29, 1.82) is 0 Å². The number of aliphatic carboxylic acids is 1. The van der Waals surface area contributed by atoms with E-state index in [0.29, 0.717) is 17.7 Å². The van der Waals surface area contributed by atoms with E-state index in [9.17, 15) is 9.59 Å². The van der Waals surface area contributed by atoms with E-state index in [0.717, 1.165) is 3.57 Å². The van der Waals surface area contributed by atoms with Crippen LogP contribution in [0, 0.1) is 3.57 Å². The lowest BCUT2D eigenvalue weighted by atomic mass is 10.1. The molecule has 0 spiro atoms. The summed E-state index contributed by atoms with van der Waals surface area (Å²) in [6.45, 7) is 1.75. The number of primary amides is 1. The number of nitrogens with one attached hydrogen (secondary N) is 1. The first-order chi connectivity index (χ1) is 7.95. The Hall–Kier alpha value is -1.31. The maximum Gasteiger partial charge on any atom is 0.326 e. The van der Waals surface area contributed by atoms with Crippen LogP contribution < -0.4 is 11.1 Å². The first kappa shape index (κ1) is 13.8. The van der Waals surface area contributed by atoms with Gasteiger partial charge in [-0.15, -0.1) is 0 Å². The van der Waals surface area contributed by atoms with Crippen LogP contribution in [-0.2, 0) is 4.79 Å². The van der Waals surface area contributed by atoms with Crippen molar-refractivity contribution >= 4 is 40.2 Å². The van der Waals surface area contributed by atoms with E-state index in [2.05, 4.69) is 27.9 Å². The topological polar surface area (TPSA) is 92.4 Å². The fraction of sp³-hybridized carbons (Fsp3) is 0.273. The Morgan fingerprint density at radius 2 is 2.18 bits per heavy atom. The molecule has 1 aromatic rings. The van der Waals surface area contributed by atoms with Crippen LogP contribution in [0.5, 0.6) is 0 Å². The molecule has 1 amide bonds. The molecule has 0 fully saturated rings. The molecule has 0 aromatic heterocycles. The third kappa shape index (κ3) is 3.58. The van der Waals surface area contributed by atoms with Gasteiger partial charge in [0.15, 0.2) is 0 Å². The fourth-order valence-electron chi connectivity index (χ4n) is 1.37. The number of anilines is 1. The number of amides is 1. The normalized spacial score (nSPS) is 11.9. The number of nitrogens with two attached hydrogens (primary N) is 1. The molecular weight excluding hydrogens is 335 g/mol. The predicted octanol–water partition coefficient (Wildman–Crippen LogP) is 1.67. The molecule has 4 N–H and O–H groups in total. The van der Waals surface area contributed by atoms with Gasteiger partial charge in [0.2, 0.25) is 0 Å². The molecule has 1 atom stereocenters. The summed E-state index contributed by atoms with van der Waals surface area (Å²) in [4.78, 5) is 22.1. The number of hydrogen-bond acceptors (Lipinski definition) is 3. The lowest BCUT2D eigenvalue weighted by Crippen LogP contribution is -2.29. The minimum absolute atomic E-state index is 0.302. The highest BCUT2D eigenvalue weighted by molar-refractivity contribution is 14.1. The first-order valence-corrected chi connectivity index (χ1v) is 6.12. The quantitative estimate of drug-likeness (QED) is 0.706. The van der Waals surface area contributed by atoms with E-state index in [4.69, 9.17) is 10.8 Å². The highest BCUT2D eigenvalue weighted by Gasteiger charge is 2.17. The van der Waals surface area contributed by atoms with E-state index >= 15 is 0 Å². The molecule has 1 rings (SSSR count). The maximum absolute atomic E-state index is 11.2. The molecule has 0 saturated heterocycles. The molecule has 0 aliphatic carbocycles. The van der Waals surface area contributed by atoms with Crippen LogP contribution in [0.15, 0.2) is 18.2 Å². The highest BCUT2D eigenvalue weighted by Crippen LogP contribution is 2.19. The van der Waals surface area contributed by atoms with Crippen LogP contribution >= 0.6 is 22.6 Å². The van der Waals surface area contributed by atoms with Crippen molar-refractivity contribution in [2.24, 2.45) is 5.73 Å². The molecule has 0 radical (unpaired) electrons. The third-order valence-corrected chi connectivity index (χ3v) is 2.95. The molecule has 1 unspecified atom stereocenters. The number of carbonyl (C=O) groups excluding carboxylic acids is 1. The van der Waals surface area contributed by atoms with Gasteiger partial charge in [0.05, 0.1) is 5.56 Å². The molecule has 5 nitrogen and oxygen atoms in total. The van der Waals surface area contributed by atoms with Gasteiger partial charge < -0.3 is 16.2 Å². The summed E-state index contributed by atoms with van der Waals surface area (Å²) in [5, 5.41) is 11.7. The number of rotatable bonds is 5. The number of carbonyl (C=O) groups is 2. The van der Waals surface area contributed by atoms with Crippen molar-refractivity contribution in [3.63, 3.8) is 0 Å². The van der Waals surface area contributed by atoms with E-state index < -0.39 is 17.9 Å². The van der Waals surface area contributed by atoms with Crippen molar-refractivity contribution in [2.75, 3.05) is 5.32 Å². The first-order valence-electron chi connectivity index (χ1n) is 5.04. The van der Waals surface area contributed by atoms with Gasteiger partial charge in [-0.1, -0.05) is 6.92 Å². The van der Waals surface area contributed by atoms with Gasteiger partial charge in [-0.05, 0) is 47.2 Å². The molecule has 6 heteroatoms. The van der Waals surface area contributed by atoms with Gasteiger partial charge in [-0.25, -0.2) is 4.79 Å². The van der Waals surface area contributed by atoms with Gasteiger partial charge in [-0.2, -0.15) is 0 Å². The summed E-state index contributed by atoms with van der Waals surface area (Å²) in [6, 6.07) is 4.34. The van der Waals surface area contributed by atoms with Gasteiger partial charge in [0.25, 0.3) is 5.91 Å². The van der Waals surface area contributed by atoms with E-state index in [1.165, 1.54) is 0 Å². The second kappa shape index (κ2) is 5.85. The van der Waals surface area contributed by atoms with Gasteiger partial charge in [0, 0.05) is 9.26 Å². The molecular formula is C11H13IN2O3. The molecule has 17 heavy (non-hydrogen) atoms. The van der Waals surface area contributed by atoms with Gasteiger partial charge in [0.1, 0.15) is 6.04 Å². The van der Waals surface area contributed by atoms with Crippen molar-refractivity contribution < 1.29 is 14.7 Å². The van der Waals surface area contributed by atoms with E-state index in [1.54, 1.807) is 25.1 Å². The van der Waals surface area contributed by atoms with Crippen LogP contribution in [0.25, 0.3) is 0 Å². The molecule has 1 aromatic carbocycles. The van der Waals surface area contributed by atoms with Crippen LogP contribution in [-0.4, -0.2) is 23.0 Å². The molecule has 0 aliphatic heterocycles. The predicted molar refractivity (Wildman–Crippen MR) is 73.0 cm³/mol. The Kier molecular flexibility index (Phi) is 4.73. The third-order valence-electron chi connectivity index (χ3n) is 2.28. The second-order valence-electron chi connectivity index (χ2n) is 3.50. The van der Waals surface area contributed by atoms with Gasteiger partial charge in [-0.3, -0.25) is 4.79 Å². The van der Waals surface area contributed by atoms with Crippen LogP contribution in [0.4, 0.5) is 5.69 Å². The summed E-state index contributed by atoms with van der Waals surface area (Å²) < 4.78 is 0.866. The SMILES string of the molecule is CCC(Nc1ccc(I)cc1C(N)=O)C(=O)O. The van der Waals surface area contributed by atoms with Crippen molar-refractivity contribution in [3.05, 3.63) is 27.3 Å². The zero-order chi connectivity index (χ0) is 13.0. The second-order valence-corrected chi connectivity index (χ2v) is 4.74. The minimum Gasteiger partial charge on any atom is -0.480 e. The average Bonchev–Trinajstić information content (AvgIpc) is 2.26. The van der Waals surface area contributed by atoms with Crippen molar-refractivity contribution in [2.45, 2.75) is 19.4 Å². The molecule has 0 heterocycles. The number of halogens is 1. The fourth-order valence-corrected chi connectivity index (χ4v) is 1.86. The Labute approximate surface area is 113 Å². The Bertz CT molecular complexity index is 448. The minimum atomic E-state index is -0.957. The largest absolute Gasteiger partial charge is 0.480 e. The summed E-state index contributed by atoms with van der Waals surface area (Å²) >= 11 is 2.06. The summed E-state index contributed by atoms with van der Waals surface area (Å²) in [6.07, 6.45) is 0.416. The smallest absolute Gasteiger partial charge is 0.326 e. The zero-order valence-corrected chi connectivity index (χ0v) is 11.4. The van der Waals surface area contributed by atoms with E-state index in [-0.39, 0.29) is 0 Å². The van der Waals surface area contributed by atoms with Crippen molar-refractivity contribution in [1.82, 2.24) is 0 Å². The lowest BCUT2D eigenvalue weighted by molar-refractivity contribution is -0.137. The monoisotopic (exact) mass is 348 g/mol. The van der Waals surface area contributed by atoms with Gasteiger partial charge >= 0.3 is 5.97 Å². The number of benzene rings is 1. The lowest BCUT2D eigenvalue weighted by Gasteiger charge is -2.16. The Balaban J connectivity index is 3.05. The highest BCUT2D eigenvalue weighted by atomic mass is 127. The number of carboxylic acids is 1. The van der Waals surface area contributed by atoms with E-state index in [1.807, 2.05) is 0 Å². The molecule has 0 aliphatic rings. The Morgan fingerprint density at radius 3 is 2.65 bits per heavy atom. The van der Waals surface area contributed by atoms with Crippen LogP contribution in [0.3, 0.4) is 0 Å². The van der Waals surface area contributed by atoms with Crippen molar-refractivity contribution in [3.8, 4) is 0 Å². The Morgan fingerprint density at radius 1 is 1.53 bits per heavy atom. The average molecular weight is 348 g/mol. The van der Waals surface area contributed by atoms with Crippen LogP contribution in [0.2, 0.25) is 0 Å². The van der Waals surface area contributed by atoms with Crippen LogP contribution in [0.1, 0.15) is 23.7 Å². The molecule has 92 valence electrons. The molecule has 0 saturated carbocycles. The zero-order valence-electron chi connectivity index (χ0n) is 9.24.